The molecule has 19 heavy (non-hydrogen) atoms. The second kappa shape index (κ2) is 5.53. The molecular weight excluding hydrogens is 265 g/mol. The number of benzene rings is 1. The SMILES string of the molecule is CNc1cc(-c2cc(F)ccc2Cl)nc(C(C)C)n1. The summed E-state index contributed by atoms with van der Waals surface area (Å²) in [6.07, 6.45) is 0. The molecule has 0 saturated heterocycles. The van der Waals surface area contributed by atoms with E-state index in [1.165, 1.54) is 18.2 Å². The summed E-state index contributed by atoms with van der Waals surface area (Å²) < 4.78 is 13.4. The Morgan fingerprint density at radius 1 is 1.21 bits per heavy atom. The fourth-order valence-electron chi connectivity index (χ4n) is 1.68. The number of aromatic nitrogens is 2. The van der Waals surface area contributed by atoms with Gasteiger partial charge in [0.05, 0.1) is 10.7 Å². The summed E-state index contributed by atoms with van der Waals surface area (Å²) in [4.78, 5) is 8.82. The first-order valence-electron chi connectivity index (χ1n) is 6.03. The van der Waals surface area contributed by atoms with E-state index >= 15 is 0 Å². The summed E-state index contributed by atoms with van der Waals surface area (Å²) in [6, 6.07) is 6.00. The lowest BCUT2D eigenvalue weighted by Crippen LogP contribution is -2.03. The molecule has 100 valence electrons. The van der Waals surface area contributed by atoms with E-state index in [0.29, 0.717) is 27.9 Å². The molecule has 1 aromatic carbocycles. The second-order valence-electron chi connectivity index (χ2n) is 4.53. The molecule has 2 rings (SSSR count). The number of nitrogens with one attached hydrogen (secondary N) is 1. The molecule has 0 spiro atoms. The first-order valence-corrected chi connectivity index (χ1v) is 6.41. The lowest BCUT2D eigenvalue weighted by Gasteiger charge is -2.11. The number of anilines is 1. The Kier molecular flexibility index (Phi) is 4.00. The molecule has 0 amide bonds. The number of nitrogens with zero attached hydrogens (tertiary/aromatic N) is 2. The predicted molar refractivity (Wildman–Crippen MR) is 76.1 cm³/mol. The van der Waals surface area contributed by atoms with Crippen molar-refractivity contribution in [1.82, 2.24) is 9.97 Å². The summed E-state index contributed by atoms with van der Waals surface area (Å²) in [6.45, 7) is 4.01. The molecule has 0 atom stereocenters. The third-order valence-electron chi connectivity index (χ3n) is 2.72. The van der Waals surface area contributed by atoms with E-state index in [-0.39, 0.29) is 11.7 Å². The van der Waals surface area contributed by atoms with Crippen LogP contribution in [0.25, 0.3) is 11.3 Å². The Morgan fingerprint density at radius 3 is 2.58 bits per heavy atom. The highest BCUT2D eigenvalue weighted by molar-refractivity contribution is 6.33. The predicted octanol–water partition coefficient (Wildman–Crippen LogP) is 4.10. The van der Waals surface area contributed by atoms with Crippen LogP contribution < -0.4 is 5.32 Å². The Morgan fingerprint density at radius 2 is 1.95 bits per heavy atom. The van der Waals surface area contributed by atoms with Crippen molar-refractivity contribution >= 4 is 17.4 Å². The summed E-state index contributed by atoms with van der Waals surface area (Å²) >= 11 is 6.11. The van der Waals surface area contributed by atoms with E-state index in [1.54, 1.807) is 13.1 Å². The number of rotatable bonds is 3. The lowest BCUT2D eigenvalue weighted by molar-refractivity contribution is 0.628. The zero-order chi connectivity index (χ0) is 14.0. The van der Waals surface area contributed by atoms with Gasteiger partial charge >= 0.3 is 0 Å². The van der Waals surface area contributed by atoms with Gasteiger partial charge in [-0.1, -0.05) is 25.4 Å². The van der Waals surface area contributed by atoms with Gasteiger partial charge in [0.15, 0.2) is 0 Å². The van der Waals surface area contributed by atoms with Crippen LogP contribution in [-0.2, 0) is 0 Å². The molecule has 0 aliphatic heterocycles. The zero-order valence-electron chi connectivity index (χ0n) is 11.0. The molecule has 1 aromatic heterocycles. The maximum absolute atomic E-state index is 13.4. The maximum Gasteiger partial charge on any atom is 0.133 e. The van der Waals surface area contributed by atoms with Gasteiger partial charge in [0.2, 0.25) is 0 Å². The first kappa shape index (κ1) is 13.7. The van der Waals surface area contributed by atoms with E-state index < -0.39 is 0 Å². The highest BCUT2D eigenvalue weighted by Crippen LogP contribution is 2.29. The Balaban J connectivity index is 2.60. The fraction of sp³-hybridized carbons (Fsp3) is 0.286. The van der Waals surface area contributed by atoms with Gasteiger partial charge < -0.3 is 5.32 Å². The summed E-state index contributed by atoms with van der Waals surface area (Å²) in [5.74, 6) is 1.23. The van der Waals surface area contributed by atoms with Gasteiger partial charge in [-0.05, 0) is 18.2 Å². The second-order valence-corrected chi connectivity index (χ2v) is 4.93. The van der Waals surface area contributed by atoms with Crippen molar-refractivity contribution < 1.29 is 4.39 Å². The first-order chi connectivity index (χ1) is 9.01. The van der Waals surface area contributed by atoms with Crippen molar-refractivity contribution in [1.29, 1.82) is 0 Å². The van der Waals surface area contributed by atoms with Crippen LogP contribution in [0, 0.1) is 5.82 Å². The third kappa shape index (κ3) is 3.01. The van der Waals surface area contributed by atoms with Crippen molar-refractivity contribution in [3.05, 3.63) is 40.9 Å². The van der Waals surface area contributed by atoms with Gasteiger partial charge in [0.25, 0.3) is 0 Å². The minimum Gasteiger partial charge on any atom is -0.373 e. The topological polar surface area (TPSA) is 37.8 Å². The van der Waals surface area contributed by atoms with Gasteiger partial charge in [-0.3, -0.25) is 0 Å². The fourth-order valence-corrected chi connectivity index (χ4v) is 1.90. The van der Waals surface area contributed by atoms with Crippen LogP contribution in [0.15, 0.2) is 24.3 Å². The monoisotopic (exact) mass is 279 g/mol. The summed E-state index contributed by atoms with van der Waals surface area (Å²) in [7, 11) is 1.78. The van der Waals surface area contributed by atoms with Crippen molar-refractivity contribution in [3.63, 3.8) is 0 Å². The third-order valence-corrected chi connectivity index (χ3v) is 3.05. The average Bonchev–Trinajstić information content (AvgIpc) is 2.40. The van der Waals surface area contributed by atoms with E-state index in [9.17, 15) is 4.39 Å². The molecule has 3 nitrogen and oxygen atoms in total. The molecule has 0 radical (unpaired) electrons. The summed E-state index contributed by atoms with van der Waals surface area (Å²) in [5.41, 5.74) is 1.19. The van der Waals surface area contributed by atoms with Crippen LogP contribution >= 0.6 is 11.6 Å². The van der Waals surface area contributed by atoms with Crippen LogP contribution in [0.2, 0.25) is 5.02 Å². The standard InChI is InChI=1S/C14H15ClFN3/c1-8(2)14-18-12(7-13(17-3)19-14)10-6-9(16)4-5-11(10)15/h4-8H,1-3H3,(H,17,18,19). The molecule has 0 unspecified atom stereocenters. The average molecular weight is 280 g/mol. The molecular formula is C14H15ClFN3. The van der Waals surface area contributed by atoms with Crippen molar-refractivity contribution in [2.45, 2.75) is 19.8 Å². The maximum atomic E-state index is 13.4. The van der Waals surface area contributed by atoms with Crippen molar-refractivity contribution in [2.75, 3.05) is 12.4 Å². The van der Waals surface area contributed by atoms with Gasteiger partial charge in [0, 0.05) is 24.6 Å². The number of hydrogen-bond acceptors (Lipinski definition) is 3. The quantitative estimate of drug-likeness (QED) is 0.919. The molecule has 2 aromatic rings. The highest BCUT2D eigenvalue weighted by Gasteiger charge is 2.12. The number of hydrogen-bond donors (Lipinski definition) is 1. The smallest absolute Gasteiger partial charge is 0.133 e. The molecule has 1 N–H and O–H groups in total. The summed E-state index contributed by atoms with van der Waals surface area (Å²) in [5, 5.41) is 3.45. The minimum atomic E-state index is -0.338. The normalized spacial score (nSPS) is 10.8. The van der Waals surface area contributed by atoms with Crippen LogP contribution in [0.1, 0.15) is 25.6 Å². The van der Waals surface area contributed by atoms with E-state index in [1.807, 2.05) is 13.8 Å². The lowest BCUT2D eigenvalue weighted by atomic mass is 10.1. The molecule has 5 heteroatoms. The van der Waals surface area contributed by atoms with E-state index in [4.69, 9.17) is 11.6 Å². The Labute approximate surface area is 116 Å². The minimum absolute atomic E-state index is 0.180. The van der Waals surface area contributed by atoms with Crippen LogP contribution in [0.3, 0.4) is 0 Å². The Bertz CT molecular complexity index is 599. The van der Waals surface area contributed by atoms with Crippen LogP contribution in [-0.4, -0.2) is 17.0 Å². The van der Waals surface area contributed by atoms with Crippen LogP contribution in [0.4, 0.5) is 10.2 Å². The zero-order valence-corrected chi connectivity index (χ0v) is 11.8. The van der Waals surface area contributed by atoms with Crippen LogP contribution in [0.5, 0.6) is 0 Å². The molecule has 0 saturated carbocycles. The van der Waals surface area contributed by atoms with Gasteiger partial charge in [0.1, 0.15) is 17.5 Å². The van der Waals surface area contributed by atoms with Crippen molar-refractivity contribution in [3.8, 4) is 11.3 Å². The molecule has 0 bridgehead atoms. The largest absolute Gasteiger partial charge is 0.373 e. The molecule has 0 aliphatic carbocycles. The van der Waals surface area contributed by atoms with Gasteiger partial charge in [-0.2, -0.15) is 0 Å². The molecule has 0 fully saturated rings. The van der Waals surface area contributed by atoms with E-state index in [2.05, 4.69) is 15.3 Å². The molecule has 0 aliphatic rings. The Hall–Kier alpha value is -1.68. The number of halogens is 2. The molecule has 1 heterocycles. The van der Waals surface area contributed by atoms with Gasteiger partial charge in [-0.25, -0.2) is 14.4 Å². The van der Waals surface area contributed by atoms with Crippen molar-refractivity contribution in [2.24, 2.45) is 0 Å². The highest BCUT2D eigenvalue weighted by atomic mass is 35.5. The van der Waals surface area contributed by atoms with E-state index in [0.717, 1.165) is 0 Å². The van der Waals surface area contributed by atoms with Gasteiger partial charge in [-0.15, -0.1) is 0 Å².